The molecule has 2 N–H and O–H groups in total. The molecule has 0 spiro atoms. The molecule has 5 atom stereocenters. The summed E-state index contributed by atoms with van der Waals surface area (Å²) in [7, 11) is 0. The maximum Gasteiger partial charge on any atom is 0.407 e. The van der Waals surface area contributed by atoms with Crippen molar-refractivity contribution in [1.82, 2.24) is 15.5 Å². The number of nitrogens with one attached hydrogen (secondary N) is 2. The van der Waals surface area contributed by atoms with Crippen molar-refractivity contribution in [2.75, 3.05) is 19.7 Å². The van der Waals surface area contributed by atoms with Crippen LogP contribution in [-0.2, 0) is 39.9 Å². The van der Waals surface area contributed by atoms with Crippen molar-refractivity contribution in [2.24, 2.45) is 35.5 Å². The van der Waals surface area contributed by atoms with Gasteiger partial charge in [0.25, 0.3) is 0 Å². The number of allylic oxidation sites excluding steroid dienone is 5. The maximum absolute atomic E-state index is 14.3. The molecule has 1 saturated heterocycles. The van der Waals surface area contributed by atoms with Crippen LogP contribution < -0.4 is 10.6 Å². The first-order valence-corrected chi connectivity index (χ1v) is 22.6. The number of nitrogens with zero attached hydrogens (tertiary/aromatic N) is 1. The number of ether oxygens (including phenoxy) is 1. The smallest absolute Gasteiger partial charge is 0.407 e. The molecule has 1 heterocycles. The minimum absolute atomic E-state index is 0.0433. The van der Waals surface area contributed by atoms with E-state index in [-0.39, 0.29) is 79.2 Å². The topological polar surface area (TPSA) is 156 Å². The van der Waals surface area contributed by atoms with Gasteiger partial charge in [0.15, 0.2) is 23.1 Å². The second kappa shape index (κ2) is 24.7. The van der Waals surface area contributed by atoms with Crippen molar-refractivity contribution in [2.45, 2.75) is 146 Å². The number of carbonyl (C=O) groups is 7. The Balaban J connectivity index is 1.60. The van der Waals surface area contributed by atoms with E-state index in [9.17, 15) is 33.6 Å². The molecule has 2 aliphatic rings. The van der Waals surface area contributed by atoms with Crippen LogP contribution in [0.5, 0.6) is 0 Å². The van der Waals surface area contributed by atoms with Crippen LogP contribution in [0.4, 0.5) is 4.79 Å². The third kappa shape index (κ3) is 15.6. The molecule has 336 valence electrons. The fraction of sp³-hybridized carbons (Fsp3) is 0.620. The Labute approximate surface area is 365 Å². The molecule has 0 saturated carbocycles. The SMILES string of the molecule is CC1=C(C)C(=O)C(CCCOC(=O)NCCC[C@H](NC(=O)[C@@H](CC(=O)[C@@H]2CCCN2C(=O)[C@H](/C=C/[C@@H](C)CC(C)C)Cc2ccccc2)C(C)C)C(=O)CC(C)C)=C(C)C1=O. The number of carbonyl (C=O) groups excluding carboxylic acids is 7. The van der Waals surface area contributed by atoms with E-state index in [2.05, 4.69) is 37.5 Å². The molecule has 0 bridgehead atoms. The Morgan fingerprint density at radius 2 is 1.51 bits per heavy atom. The van der Waals surface area contributed by atoms with E-state index in [4.69, 9.17) is 4.74 Å². The van der Waals surface area contributed by atoms with Gasteiger partial charge in [-0.15, -0.1) is 0 Å². The molecule has 11 heteroatoms. The lowest BCUT2D eigenvalue weighted by Gasteiger charge is -2.29. The standard InChI is InChI=1S/C50H73N3O8/c1-31(2)27-34(7)22-23-39(29-38-17-12-11-13-18-38)49(59)53-25-15-21-43(53)45(55)30-41(33(5)6)48(58)52-42(44(54)28-32(3)4)20-14-24-51-50(60)61-26-16-19-40-37(10)46(56)35(8)36(9)47(40)57/h11-13,17-18,22-23,31-34,39,41-43H,14-16,19-21,24-30H2,1-10H3,(H,51,60)(H,52,58)/b23-22+/t34-,39-,41+,42+,43+/m1/s1. The van der Waals surface area contributed by atoms with Gasteiger partial charge in [-0.2, -0.15) is 0 Å². The first kappa shape index (κ1) is 50.7. The molecule has 1 aromatic rings. The summed E-state index contributed by atoms with van der Waals surface area (Å²) in [4.78, 5) is 95.0. The van der Waals surface area contributed by atoms with Gasteiger partial charge in [-0.1, -0.05) is 91.0 Å². The average molecular weight is 844 g/mol. The molecular weight excluding hydrogens is 771 g/mol. The van der Waals surface area contributed by atoms with Crippen LogP contribution in [0.1, 0.15) is 133 Å². The van der Waals surface area contributed by atoms with E-state index >= 15 is 0 Å². The Morgan fingerprint density at radius 1 is 0.836 bits per heavy atom. The number of likely N-dealkylation sites (tertiary alicyclic amines) is 1. The monoisotopic (exact) mass is 844 g/mol. The second-order valence-corrected chi connectivity index (χ2v) is 18.4. The van der Waals surface area contributed by atoms with Gasteiger partial charge in [-0.3, -0.25) is 28.8 Å². The van der Waals surface area contributed by atoms with E-state index < -0.39 is 30.0 Å². The molecule has 3 amide bonds. The lowest BCUT2D eigenvalue weighted by Crippen LogP contribution is -2.48. The minimum Gasteiger partial charge on any atom is -0.450 e. The molecule has 11 nitrogen and oxygen atoms in total. The third-order valence-electron chi connectivity index (χ3n) is 12.0. The number of amides is 3. The molecule has 1 fully saturated rings. The summed E-state index contributed by atoms with van der Waals surface area (Å²) in [6, 6.07) is 8.51. The van der Waals surface area contributed by atoms with Crippen molar-refractivity contribution < 1.29 is 38.3 Å². The van der Waals surface area contributed by atoms with E-state index in [0.717, 1.165) is 12.0 Å². The van der Waals surface area contributed by atoms with Crippen LogP contribution in [0.15, 0.2) is 64.8 Å². The molecule has 0 unspecified atom stereocenters. The van der Waals surface area contributed by atoms with Crippen LogP contribution in [0.2, 0.25) is 0 Å². The Bertz CT molecular complexity index is 1810. The number of ketones is 4. The lowest BCUT2D eigenvalue weighted by atomic mass is 9.84. The van der Waals surface area contributed by atoms with Gasteiger partial charge in [0.2, 0.25) is 11.8 Å². The Kier molecular flexibility index (Phi) is 20.5. The lowest BCUT2D eigenvalue weighted by molar-refractivity contribution is -0.141. The molecular formula is C50H73N3O8. The normalized spacial score (nSPS) is 18.0. The summed E-state index contributed by atoms with van der Waals surface area (Å²) in [6.07, 6.45) is 7.88. The van der Waals surface area contributed by atoms with Gasteiger partial charge < -0.3 is 20.3 Å². The predicted molar refractivity (Wildman–Crippen MR) is 239 cm³/mol. The summed E-state index contributed by atoms with van der Waals surface area (Å²) in [5, 5.41) is 5.66. The highest BCUT2D eigenvalue weighted by molar-refractivity contribution is 6.24. The number of Topliss-reactive ketones (excluding diaryl/α,β-unsaturated/α-hetero) is 4. The number of rotatable bonds is 24. The van der Waals surface area contributed by atoms with Crippen LogP contribution in [0.3, 0.4) is 0 Å². The van der Waals surface area contributed by atoms with Crippen molar-refractivity contribution >= 4 is 41.0 Å². The largest absolute Gasteiger partial charge is 0.450 e. The van der Waals surface area contributed by atoms with E-state index in [0.29, 0.717) is 79.2 Å². The van der Waals surface area contributed by atoms with Crippen molar-refractivity contribution in [3.05, 3.63) is 70.3 Å². The quantitative estimate of drug-likeness (QED) is 0.0597. The number of hydrogen-bond donors (Lipinski definition) is 2. The van der Waals surface area contributed by atoms with Crippen molar-refractivity contribution in [3.8, 4) is 0 Å². The minimum atomic E-state index is -0.800. The molecule has 0 radical (unpaired) electrons. The van der Waals surface area contributed by atoms with E-state index in [1.807, 2.05) is 64.1 Å². The number of hydrogen-bond acceptors (Lipinski definition) is 8. The van der Waals surface area contributed by atoms with Crippen LogP contribution >= 0.6 is 0 Å². The summed E-state index contributed by atoms with van der Waals surface area (Å²) in [6.45, 7) is 19.9. The van der Waals surface area contributed by atoms with Crippen LogP contribution in [0, 0.1) is 35.5 Å². The molecule has 3 rings (SSSR count). The first-order chi connectivity index (χ1) is 28.8. The van der Waals surface area contributed by atoms with E-state index in [1.165, 1.54) is 0 Å². The zero-order valence-electron chi connectivity index (χ0n) is 38.6. The first-order valence-electron chi connectivity index (χ1n) is 22.6. The third-order valence-corrected chi connectivity index (χ3v) is 12.0. The molecule has 0 aromatic heterocycles. The summed E-state index contributed by atoms with van der Waals surface area (Å²) in [5.74, 6) is -1.41. The molecule has 1 aliphatic heterocycles. The summed E-state index contributed by atoms with van der Waals surface area (Å²) < 4.78 is 5.31. The Hall–Kier alpha value is -4.67. The van der Waals surface area contributed by atoms with Gasteiger partial charge in [0, 0.05) is 54.1 Å². The fourth-order valence-electron chi connectivity index (χ4n) is 8.37. The van der Waals surface area contributed by atoms with Gasteiger partial charge in [-0.05, 0) is 101 Å². The highest BCUT2D eigenvalue weighted by Gasteiger charge is 2.39. The van der Waals surface area contributed by atoms with Gasteiger partial charge in [-0.25, -0.2) is 4.79 Å². The van der Waals surface area contributed by atoms with Gasteiger partial charge in [0.05, 0.1) is 24.6 Å². The average Bonchev–Trinajstić information content (AvgIpc) is 3.70. The van der Waals surface area contributed by atoms with Gasteiger partial charge in [0.1, 0.15) is 0 Å². The molecule has 61 heavy (non-hydrogen) atoms. The van der Waals surface area contributed by atoms with Crippen LogP contribution in [-0.4, -0.2) is 77.7 Å². The fourth-order valence-corrected chi connectivity index (χ4v) is 8.37. The molecule has 1 aliphatic carbocycles. The highest BCUT2D eigenvalue weighted by Crippen LogP contribution is 2.29. The zero-order chi connectivity index (χ0) is 45.4. The number of alkyl carbamates (subject to hydrolysis) is 1. The maximum atomic E-state index is 14.3. The Morgan fingerprint density at radius 3 is 2.15 bits per heavy atom. The highest BCUT2D eigenvalue weighted by atomic mass is 16.5. The van der Waals surface area contributed by atoms with Gasteiger partial charge >= 0.3 is 6.09 Å². The van der Waals surface area contributed by atoms with Crippen molar-refractivity contribution in [3.63, 3.8) is 0 Å². The summed E-state index contributed by atoms with van der Waals surface area (Å²) >= 11 is 0. The number of benzene rings is 1. The zero-order valence-corrected chi connectivity index (χ0v) is 38.6. The van der Waals surface area contributed by atoms with E-state index in [1.54, 1.807) is 25.7 Å². The molecule has 1 aromatic carbocycles. The second-order valence-electron chi connectivity index (χ2n) is 18.4. The predicted octanol–water partition coefficient (Wildman–Crippen LogP) is 8.50. The van der Waals surface area contributed by atoms with Crippen LogP contribution in [0.25, 0.3) is 0 Å². The summed E-state index contributed by atoms with van der Waals surface area (Å²) in [5.41, 5.74) is 2.85. The van der Waals surface area contributed by atoms with Crippen molar-refractivity contribution in [1.29, 1.82) is 0 Å².